The minimum Gasteiger partial charge on any atom is -0.342 e. The van der Waals surface area contributed by atoms with Crippen LogP contribution in [0.5, 0.6) is 0 Å². The van der Waals surface area contributed by atoms with Crippen LogP contribution in [0.4, 0.5) is 0 Å². The van der Waals surface area contributed by atoms with Gasteiger partial charge in [-0.05, 0) is 56.8 Å². The maximum Gasteiger partial charge on any atom is 0.254 e. The van der Waals surface area contributed by atoms with E-state index in [1.807, 2.05) is 0 Å². The van der Waals surface area contributed by atoms with Gasteiger partial charge in [-0.25, -0.2) is 13.1 Å². The Morgan fingerprint density at radius 3 is 2.81 bits per heavy atom. The first-order chi connectivity index (χ1) is 12.5. The third kappa shape index (κ3) is 5.79. The van der Waals surface area contributed by atoms with Gasteiger partial charge in [0, 0.05) is 20.1 Å². The van der Waals surface area contributed by atoms with Gasteiger partial charge in [-0.15, -0.1) is 0 Å². The zero-order valence-electron chi connectivity index (χ0n) is 15.8. The van der Waals surface area contributed by atoms with Crippen molar-refractivity contribution in [3.63, 3.8) is 0 Å². The number of hydrogen-bond acceptors (Lipinski definition) is 4. The molecule has 2 rings (SSSR count). The first-order valence-corrected chi connectivity index (χ1v) is 11.0. The van der Waals surface area contributed by atoms with Crippen LogP contribution in [-0.2, 0) is 10.0 Å². The van der Waals surface area contributed by atoms with Crippen LogP contribution < -0.4 is 10.0 Å². The molecule has 1 unspecified atom stereocenters. The molecule has 1 heterocycles. The van der Waals surface area contributed by atoms with Crippen LogP contribution in [0.25, 0.3) is 0 Å². The van der Waals surface area contributed by atoms with E-state index in [2.05, 4.69) is 17.0 Å². The van der Waals surface area contributed by atoms with E-state index in [0.29, 0.717) is 19.0 Å². The van der Waals surface area contributed by atoms with E-state index in [1.54, 1.807) is 30.1 Å². The molecule has 0 radical (unpaired) electrons. The fourth-order valence-electron chi connectivity index (χ4n) is 3.23. The van der Waals surface area contributed by atoms with E-state index < -0.39 is 10.0 Å². The largest absolute Gasteiger partial charge is 0.342 e. The average Bonchev–Trinajstić information content (AvgIpc) is 2.66. The van der Waals surface area contributed by atoms with Crippen LogP contribution in [0.2, 0.25) is 0 Å². The summed E-state index contributed by atoms with van der Waals surface area (Å²) >= 11 is 0. The van der Waals surface area contributed by atoms with Gasteiger partial charge in [-0.2, -0.15) is 0 Å². The number of rotatable bonds is 9. The first-order valence-electron chi connectivity index (χ1n) is 9.50. The summed E-state index contributed by atoms with van der Waals surface area (Å²) in [4.78, 5) is 14.3. The van der Waals surface area contributed by atoms with Crippen LogP contribution in [0.1, 0.15) is 49.4 Å². The van der Waals surface area contributed by atoms with Crippen molar-refractivity contribution in [2.75, 3.05) is 33.2 Å². The number of amides is 1. The Kier molecular flexibility index (Phi) is 8.06. The molecular weight excluding hydrogens is 350 g/mol. The normalized spacial score (nSPS) is 17.8. The maximum atomic E-state index is 12.7. The lowest BCUT2D eigenvalue weighted by Crippen LogP contribution is -2.34. The summed E-state index contributed by atoms with van der Waals surface area (Å²) < 4.78 is 28.2. The van der Waals surface area contributed by atoms with E-state index in [1.165, 1.54) is 6.07 Å². The highest BCUT2D eigenvalue weighted by Gasteiger charge is 2.24. The molecule has 1 aliphatic rings. The molecular formula is C19H31N3O3S. The van der Waals surface area contributed by atoms with Crippen molar-refractivity contribution in [2.24, 2.45) is 5.92 Å². The van der Waals surface area contributed by atoms with Gasteiger partial charge < -0.3 is 10.2 Å². The lowest BCUT2D eigenvalue weighted by Gasteiger charge is -2.23. The Bertz CT molecular complexity index is 685. The second-order valence-corrected chi connectivity index (χ2v) is 8.71. The van der Waals surface area contributed by atoms with Crippen LogP contribution in [0.3, 0.4) is 0 Å². The van der Waals surface area contributed by atoms with Crippen LogP contribution >= 0.6 is 0 Å². The molecule has 1 fully saturated rings. The number of unbranched alkanes of at least 4 members (excludes halogenated alkanes) is 1. The summed E-state index contributed by atoms with van der Waals surface area (Å²) in [5.74, 6) is 0.249. The first kappa shape index (κ1) is 20.9. The highest BCUT2D eigenvalue weighted by Crippen LogP contribution is 2.18. The fraction of sp³-hybridized carbons (Fsp3) is 0.632. The molecule has 6 nitrogen and oxygen atoms in total. The number of hydrogen-bond donors (Lipinski definition) is 2. The van der Waals surface area contributed by atoms with Crippen molar-refractivity contribution in [3.8, 4) is 0 Å². The van der Waals surface area contributed by atoms with E-state index in [9.17, 15) is 13.2 Å². The predicted octanol–water partition coefficient (Wildman–Crippen LogP) is 2.23. The number of carbonyl (C=O) groups is 1. The number of carbonyl (C=O) groups excluding carboxylic acids is 1. The van der Waals surface area contributed by atoms with Crippen LogP contribution in [-0.4, -0.2) is 52.5 Å². The van der Waals surface area contributed by atoms with Crippen molar-refractivity contribution in [3.05, 3.63) is 29.8 Å². The smallest absolute Gasteiger partial charge is 0.254 e. The van der Waals surface area contributed by atoms with E-state index >= 15 is 0 Å². The van der Waals surface area contributed by atoms with Crippen LogP contribution in [0, 0.1) is 5.92 Å². The van der Waals surface area contributed by atoms with E-state index in [-0.39, 0.29) is 16.4 Å². The molecule has 1 aliphatic heterocycles. The molecule has 0 bridgehead atoms. The molecule has 1 atom stereocenters. The Labute approximate surface area is 157 Å². The minimum absolute atomic E-state index is 0.0649. The lowest BCUT2D eigenvalue weighted by atomic mass is 9.96. The number of nitrogens with zero attached hydrogens (tertiary/aromatic N) is 1. The zero-order valence-corrected chi connectivity index (χ0v) is 16.6. The summed E-state index contributed by atoms with van der Waals surface area (Å²) in [5.41, 5.74) is 0.234. The van der Waals surface area contributed by atoms with Crippen molar-refractivity contribution in [1.82, 2.24) is 14.9 Å². The predicted molar refractivity (Wildman–Crippen MR) is 104 cm³/mol. The molecule has 0 saturated carbocycles. The van der Waals surface area contributed by atoms with Crippen LogP contribution in [0.15, 0.2) is 29.2 Å². The molecule has 0 spiro atoms. The summed E-state index contributed by atoms with van der Waals surface area (Å²) in [6, 6.07) is 6.45. The summed E-state index contributed by atoms with van der Waals surface area (Å²) in [6.07, 6.45) is 4.95. The van der Waals surface area contributed by atoms with Crippen molar-refractivity contribution < 1.29 is 13.2 Å². The van der Waals surface area contributed by atoms with Crippen molar-refractivity contribution in [2.45, 2.75) is 43.9 Å². The molecule has 0 aromatic heterocycles. The third-order valence-electron chi connectivity index (χ3n) is 4.84. The summed E-state index contributed by atoms with van der Waals surface area (Å²) in [5, 5.41) is 3.34. The molecule has 1 aromatic rings. The molecule has 146 valence electrons. The number of benzene rings is 1. The summed E-state index contributed by atoms with van der Waals surface area (Å²) in [6.45, 7) is 5.06. The SMILES string of the molecule is CCCCN(C)C(=O)c1ccccc1S(=O)(=O)NCCC1CCCNC1. The molecule has 2 N–H and O–H groups in total. The van der Waals surface area contributed by atoms with Crippen molar-refractivity contribution >= 4 is 15.9 Å². The topological polar surface area (TPSA) is 78.5 Å². The number of piperidine rings is 1. The number of nitrogens with one attached hydrogen (secondary N) is 2. The second kappa shape index (κ2) is 10.0. The Morgan fingerprint density at radius 2 is 2.12 bits per heavy atom. The minimum atomic E-state index is -3.71. The van der Waals surface area contributed by atoms with Gasteiger partial charge in [0.15, 0.2) is 0 Å². The van der Waals surface area contributed by atoms with Gasteiger partial charge in [0.2, 0.25) is 10.0 Å². The highest BCUT2D eigenvalue weighted by atomic mass is 32.2. The van der Waals surface area contributed by atoms with Gasteiger partial charge >= 0.3 is 0 Å². The summed E-state index contributed by atoms with van der Waals surface area (Å²) in [7, 11) is -2.00. The third-order valence-corrected chi connectivity index (χ3v) is 6.36. The van der Waals surface area contributed by atoms with Gasteiger partial charge in [0.05, 0.1) is 10.5 Å². The quantitative estimate of drug-likeness (QED) is 0.688. The van der Waals surface area contributed by atoms with Gasteiger partial charge in [0.25, 0.3) is 5.91 Å². The fourth-order valence-corrected chi connectivity index (χ4v) is 4.47. The Morgan fingerprint density at radius 1 is 1.35 bits per heavy atom. The number of sulfonamides is 1. The molecule has 26 heavy (non-hydrogen) atoms. The van der Waals surface area contributed by atoms with Gasteiger partial charge in [0.1, 0.15) is 0 Å². The molecule has 0 aliphatic carbocycles. The standard InChI is InChI=1S/C19H31N3O3S/c1-3-4-14-22(2)19(23)17-9-5-6-10-18(17)26(24,25)21-13-11-16-8-7-12-20-15-16/h5-6,9-10,16,20-21H,3-4,7-8,11-15H2,1-2H3. The Balaban J connectivity index is 2.05. The van der Waals surface area contributed by atoms with E-state index in [0.717, 1.165) is 45.2 Å². The molecule has 7 heteroatoms. The Hall–Kier alpha value is -1.44. The van der Waals surface area contributed by atoms with E-state index in [4.69, 9.17) is 0 Å². The highest BCUT2D eigenvalue weighted by molar-refractivity contribution is 7.89. The second-order valence-electron chi connectivity index (χ2n) is 6.98. The van der Waals surface area contributed by atoms with Gasteiger partial charge in [-0.1, -0.05) is 25.5 Å². The molecule has 1 aromatic carbocycles. The molecule has 1 amide bonds. The lowest BCUT2D eigenvalue weighted by molar-refractivity contribution is 0.0789. The maximum absolute atomic E-state index is 12.7. The zero-order chi connectivity index (χ0) is 19.0. The van der Waals surface area contributed by atoms with Crippen molar-refractivity contribution in [1.29, 1.82) is 0 Å². The average molecular weight is 382 g/mol. The monoisotopic (exact) mass is 381 g/mol. The molecule has 1 saturated heterocycles. The van der Waals surface area contributed by atoms with Gasteiger partial charge in [-0.3, -0.25) is 4.79 Å².